The van der Waals surface area contributed by atoms with E-state index in [4.69, 9.17) is 16.3 Å². The minimum atomic E-state index is -1.11. The highest BCUT2D eigenvalue weighted by Gasteiger charge is 2.18. The molecule has 0 radical (unpaired) electrons. The quantitative estimate of drug-likeness (QED) is 0.295. The van der Waals surface area contributed by atoms with Gasteiger partial charge in [0.05, 0.1) is 9.99 Å². The maximum atomic E-state index is 14.0. The molecule has 3 aromatic rings. The van der Waals surface area contributed by atoms with E-state index in [1.807, 2.05) is 23.9 Å². The van der Waals surface area contributed by atoms with Gasteiger partial charge >= 0.3 is 0 Å². The predicted molar refractivity (Wildman–Crippen MR) is 116 cm³/mol. The van der Waals surface area contributed by atoms with Crippen molar-refractivity contribution < 1.29 is 9.13 Å². The van der Waals surface area contributed by atoms with Gasteiger partial charge in [0.1, 0.15) is 12.5 Å². The molecular weight excluding hydrogens is 449 g/mol. The van der Waals surface area contributed by atoms with Gasteiger partial charge in [-0.05, 0) is 41.0 Å². The van der Waals surface area contributed by atoms with E-state index in [-0.39, 0.29) is 5.82 Å². The van der Waals surface area contributed by atoms with Crippen molar-refractivity contribution >= 4 is 46.5 Å². The Morgan fingerprint density at radius 1 is 1.22 bits per heavy atom. The molecule has 0 aliphatic heterocycles. The van der Waals surface area contributed by atoms with Crippen LogP contribution < -0.4 is 0 Å². The van der Waals surface area contributed by atoms with Crippen LogP contribution in [0.3, 0.4) is 0 Å². The number of benzene rings is 1. The van der Waals surface area contributed by atoms with Crippen LogP contribution >= 0.6 is 27.5 Å². The zero-order chi connectivity index (χ0) is 19.8. The van der Waals surface area contributed by atoms with Crippen molar-refractivity contribution in [1.29, 1.82) is 0 Å². The number of fused-ring (bicyclic) bond motifs is 1. The highest BCUT2D eigenvalue weighted by molar-refractivity contribution is 9.10. The second-order valence-corrected chi connectivity index (χ2v) is 14.7. The zero-order valence-electron chi connectivity index (χ0n) is 16.0. The lowest BCUT2D eigenvalue weighted by molar-refractivity contribution is 0.0786. The van der Waals surface area contributed by atoms with Gasteiger partial charge in [-0.1, -0.05) is 31.2 Å². The summed E-state index contributed by atoms with van der Waals surface area (Å²) in [6.07, 6.45) is 3.89. The summed E-state index contributed by atoms with van der Waals surface area (Å²) >= 11 is 9.69. The fraction of sp³-hybridized carbons (Fsp3) is 0.421. The zero-order valence-corrected chi connectivity index (χ0v) is 19.4. The van der Waals surface area contributed by atoms with Crippen LogP contribution in [0.25, 0.3) is 22.0 Å². The summed E-state index contributed by atoms with van der Waals surface area (Å²) in [4.78, 5) is 0. The SMILES string of the molecule is CCn1cc(-c2cn(COCC[Si](C)(C)C)nc2Cl)c2cc(Br)c(F)cc21. The highest BCUT2D eigenvalue weighted by atomic mass is 79.9. The Hall–Kier alpha value is -1.15. The van der Waals surface area contributed by atoms with Gasteiger partial charge in [0.25, 0.3) is 0 Å². The summed E-state index contributed by atoms with van der Waals surface area (Å²) in [6.45, 7) is 10.8. The Labute approximate surface area is 173 Å². The van der Waals surface area contributed by atoms with E-state index in [0.717, 1.165) is 41.2 Å². The monoisotopic (exact) mass is 471 g/mol. The molecule has 0 bridgehead atoms. The Kier molecular flexibility index (Phi) is 6.15. The standard InChI is InChI=1S/C19H24BrClFN3OSi/c1-5-24-10-14(13-8-16(20)17(22)9-18(13)24)15-11-25(23-19(15)21)12-26-6-7-27(2,3)4/h8-11H,5-7,12H2,1-4H3. The normalized spacial score (nSPS) is 12.3. The summed E-state index contributed by atoms with van der Waals surface area (Å²) in [7, 11) is -1.11. The molecule has 0 amide bonds. The predicted octanol–water partition coefficient (Wildman–Crippen LogP) is 6.39. The molecule has 0 atom stereocenters. The molecule has 27 heavy (non-hydrogen) atoms. The fourth-order valence-electron chi connectivity index (χ4n) is 2.94. The van der Waals surface area contributed by atoms with Gasteiger partial charge < -0.3 is 9.30 Å². The number of nitrogens with zero attached hydrogens (tertiary/aromatic N) is 3. The smallest absolute Gasteiger partial charge is 0.159 e. The first-order chi connectivity index (χ1) is 12.7. The lowest BCUT2D eigenvalue weighted by atomic mass is 10.1. The van der Waals surface area contributed by atoms with Gasteiger partial charge in [-0.2, -0.15) is 5.10 Å². The van der Waals surface area contributed by atoms with Crippen molar-refractivity contribution in [3.05, 3.63) is 40.0 Å². The minimum Gasteiger partial charge on any atom is -0.360 e. The van der Waals surface area contributed by atoms with Crippen LogP contribution in [0, 0.1) is 5.82 Å². The van der Waals surface area contributed by atoms with E-state index in [0.29, 0.717) is 16.4 Å². The molecular formula is C19H24BrClFN3OSi. The summed E-state index contributed by atoms with van der Waals surface area (Å²) in [6, 6.07) is 4.45. The lowest BCUT2D eigenvalue weighted by Gasteiger charge is -2.15. The van der Waals surface area contributed by atoms with E-state index in [1.54, 1.807) is 16.8 Å². The first-order valence-corrected chi connectivity index (χ1v) is 13.9. The second kappa shape index (κ2) is 8.07. The molecule has 0 aliphatic rings. The first-order valence-electron chi connectivity index (χ1n) is 8.98. The topological polar surface area (TPSA) is 32.0 Å². The maximum Gasteiger partial charge on any atom is 0.159 e. The Balaban J connectivity index is 1.89. The van der Waals surface area contributed by atoms with Gasteiger partial charge in [0.15, 0.2) is 5.15 Å². The third-order valence-corrected chi connectivity index (χ3v) is 7.08. The Morgan fingerprint density at radius 2 is 1.96 bits per heavy atom. The Morgan fingerprint density at radius 3 is 2.63 bits per heavy atom. The molecule has 0 saturated heterocycles. The van der Waals surface area contributed by atoms with E-state index in [1.165, 1.54) is 0 Å². The number of hydrogen-bond acceptors (Lipinski definition) is 2. The third-order valence-electron chi connectivity index (χ3n) is 4.49. The molecule has 3 rings (SSSR count). The summed E-state index contributed by atoms with van der Waals surface area (Å²) < 4.78 is 23.9. The lowest BCUT2D eigenvalue weighted by Crippen LogP contribution is -2.22. The van der Waals surface area contributed by atoms with Crippen molar-refractivity contribution in [3.63, 3.8) is 0 Å². The van der Waals surface area contributed by atoms with Crippen LogP contribution in [0.15, 0.2) is 29.0 Å². The van der Waals surface area contributed by atoms with Gasteiger partial charge in [-0.3, -0.25) is 0 Å². The van der Waals surface area contributed by atoms with Gasteiger partial charge in [-0.15, -0.1) is 0 Å². The fourth-order valence-corrected chi connectivity index (χ4v) is 4.29. The minimum absolute atomic E-state index is 0.278. The first kappa shape index (κ1) is 20.6. The molecule has 0 spiro atoms. The van der Waals surface area contributed by atoms with Gasteiger partial charge in [0, 0.05) is 50.1 Å². The summed E-state index contributed by atoms with van der Waals surface area (Å²) in [5.41, 5.74) is 2.59. The average Bonchev–Trinajstić information content (AvgIpc) is 3.11. The summed E-state index contributed by atoms with van der Waals surface area (Å²) in [5.74, 6) is -0.278. The van der Waals surface area contributed by atoms with Crippen LogP contribution in [-0.4, -0.2) is 29.0 Å². The van der Waals surface area contributed by atoms with E-state index in [9.17, 15) is 4.39 Å². The molecule has 0 fully saturated rings. The molecule has 0 saturated carbocycles. The van der Waals surface area contributed by atoms with E-state index >= 15 is 0 Å². The van der Waals surface area contributed by atoms with Crippen molar-refractivity contribution in [2.24, 2.45) is 0 Å². The number of aryl methyl sites for hydroxylation is 1. The van der Waals surface area contributed by atoms with Crippen molar-refractivity contribution in [3.8, 4) is 11.1 Å². The molecule has 0 unspecified atom stereocenters. The van der Waals surface area contributed by atoms with E-state index < -0.39 is 8.07 Å². The molecule has 146 valence electrons. The van der Waals surface area contributed by atoms with Crippen molar-refractivity contribution in [2.45, 2.75) is 45.9 Å². The average molecular weight is 473 g/mol. The molecule has 8 heteroatoms. The molecule has 0 aliphatic carbocycles. The van der Waals surface area contributed by atoms with Crippen molar-refractivity contribution in [2.75, 3.05) is 6.61 Å². The molecule has 1 aromatic carbocycles. The number of rotatable bonds is 7. The molecule has 2 heterocycles. The number of aromatic nitrogens is 3. The van der Waals surface area contributed by atoms with Gasteiger partial charge in [-0.25, -0.2) is 9.07 Å². The maximum absolute atomic E-state index is 14.0. The Bertz CT molecular complexity index is 964. The molecule has 4 nitrogen and oxygen atoms in total. The number of hydrogen-bond donors (Lipinski definition) is 0. The molecule has 2 aromatic heterocycles. The van der Waals surface area contributed by atoms with Crippen LogP contribution in [0.4, 0.5) is 4.39 Å². The molecule has 0 N–H and O–H groups in total. The van der Waals surface area contributed by atoms with Crippen LogP contribution in [0.2, 0.25) is 30.8 Å². The van der Waals surface area contributed by atoms with Crippen molar-refractivity contribution in [1.82, 2.24) is 14.3 Å². The third kappa shape index (κ3) is 4.64. The van der Waals surface area contributed by atoms with Crippen LogP contribution in [0.1, 0.15) is 6.92 Å². The number of ether oxygens (including phenoxy) is 1. The van der Waals surface area contributed by atoms with Crippen LogP contribution in [-0.2, 0) is 18.0 Å². The second-order valence-electron chi connectivity index (χ2n) is 7.83. The van der Waals surface area contributed by atoms with Crippen LogP contribution in [0.5, 0.6) is 0 Å². The summed E-state index contributed by atoms with van der Waals surface area (Å²) in [5, 5.41) is 5.73. The largest absolute Gasteiger partial charge is 0.360 e. The van der Waals surface area contributed by atoms with Gasteiger partial charge in [0.2, 0.25) is 0 Å². The number of halogens is 3. The highest BCUT2D eigenvalue weighted by Crippen LogP contribution is 2.36. The van der Waals surface area contributed by atoms with E-state index in [2.05, 4.69) is 40.7 Å².